The Bertz CT molecular complexity index is 986. The van der Waals surface area contributed by atoms with Gasteiger partial charge in [-0.1, -0.05) is 18.2 Å². The monoisotopic (exact) mass is 425 g/mol. The molecule has 2 N–H and O–H groups in total. The van der Waals surface area contributed by atoms with Crippen LogP contribution in [0.2, 0.25) is 0 Å². The van der Waals surface area contributed by atoms with Gasteiger partial charge in [0.15, 0.2) is 18.1 Å². The van der Waals surface area contributed by atoms with E-state index >= 15 is 0 Å². The first-order chi connectivity index (χ1) is 15.0. The second-order valence-electron chi connectivity index (χ2n) is 8.25. The van der Waals surface area contributed by atoms with Gasteiger partial charge in [-0.3, -0.25) is 14.5 Å². The first-order valence-corrected chi connectivity index (χ1v) is 10.7. The van der Waals surface area contributed by atoms with Crippen LogP contribution in [-0.4, -0.2) is 50.8 Å². The molecule has 0 bridgehead atoms. The number of rotatable bonds is 7. The fraction of sp³-hybridized carbons (Fsp3) is 0.417. The molecule has 2 aromatic carbocycles. The Kier molecular flexibility index (Phi) is 5.98. The second-order valence-corrected chi connectivity index (χ2v) is 8.25. The van der Waals surface area contributed by atoms with E-state index in [0.29, 0.717) is 35.0 Å². The average Bonchev–Trinajstić information content (AvgIpc) is 3.01. The SMILES string of the molecule is COc1ccc(C(=O)C[C@]2(O)C(=O)N(C[NH+]3CCCCC3)c3ccccc32)c(OC)c1. The highest BCUT2D eigenvalue weighted by Gasteiger charge is 2.52. The molecule has 0 unspecified atom stereocenters. The first kappa shape index (κ1) is 21.3. The fourth-order valence-electron chi connectivity index (χ4n) is 4.62. The van der Waals surface area contributed by atoms with Crippen LogP contribution in [0.1, 0.15) is 41.6 Å². The fourth-order valence-corrected chi connectivity index (χ4v) is 4.62. The third-order valence-electron chi connectivity index (χ3n) is 6.31. The van der Waals surface area contributed by atoms with E-state index in [1.54, 1.807) is 35.2 Å². The zero-order valence-corrected chi connectivity index (χ0v) is 18.0. The Balaban J connectivity index is 1.63. The minimum Gasteiger partial charge on any atom is -0.497 e. The number of carbonyl (C=O) groups is 2. The highest BCUT2D eigenvalue weighted by molar-refractivity contribution is 6.11. The molecule has 164 valence electrons. The van der Waals surface area contributed by atoms with Crippen LogP contribution < -0.4 is 19.3 Å². The minimum atomic E-state index is -1.89. The molecule has 1 amide bonds. The predicted octanol–water partition coefficient (Wildman–Crippen LogP) is 1.54. The number of ether oxygens (including phenoxy) is 2. The Morgan fingerprint density at radius 1 is 1.10 bits per heavy atom. The Labute approximate surface area is 182 Å². The maximum Gasteiger partial charge on any atom is 0.268 e. The number of hydrogen-bond acceptors (Lipinski definition) is 5. The summed E-state index contributed by atoms with van der Waals surface area (Å²) in [6, 6.07) is 12.1. The van der Waals surface area contributed by atoms with Crippen LogP contribution in [0.15, 0.2) is 42.5 Å². The molecule has 0 aliphatic carbocycles. The van der Waals surface area contributed by atoms with E-state index in [1.165, 1.54) is 25.5 Å². The Hall–Kier alpha value is -2.90. The quantitative estimate of drug-likeness (QED) is 0.658. The maximum atomic E-state index is 13.4. The molecule has 0 spiro atoms. The number of benzene rings is 2. The van der Waals surface area contributed by atoms with E-state index < -0.39 is 11.5 Å². The lowest BCUT2D eigenvalue weighted by molar-refractivity contribution is -0.903. The molecular formula is C24H29N2O5+. The topological polar surface area (TPSA) is 80.5 Å². The van der Waals surface area contributed by atoms with Crippen LogP contribution in [0.3, 0.4) is 0 Å². The zero-order chi connectivity index (χ0) is 22.0. The van der Waals surface area contributed by atoms with Gasteiger partial charge in [0, 0.05) is 11.6 Å². The van der Waals surface area contributed by atoms with Crippen LogP contribution in [0.4, 0.5) is 5.69 Å². The van der Waals surface area contributed by atoms with Gasteiger partial charge in [0.25, 0.3) is 5.91 Å². The number of methoxy groups -OCH3 is 2. The van der Waals surface area contributed by atoms with Crippen molar-refractivity contribution in [2.24, 2.45) is 0 Å². The van der Waals surface area contributed by atoms with Gasteiger partial charge in [-0.25, -0.2) is 0 Å². The van der Waals surface area contributed by atoms with Gasteiger partial charge in [0.2, 0.25) is 0 Å². The standard InChI is InChI=1S/C24H28N2O5/c1-30-17-10-11-18(22(14-17)31-2)21(27)15-24(29)19-8-4-5-9-20(19)26(23(24)28)16-25-12-6-3-7-13-25/h4-5,8-11,14,29H,3,6-7,12-13,15-16H2,1-2H3/p+1/t24-/m1/s1. The van der Waals surface area contributed by atoms with Gasteiger partial charge < -0.3 is 19.5 Å². The molecule has 1 atom stereocenters. The number of carbonyl (C=O) groups excluding carboxylic acids is 2. The van der Waals surface area contributed by atoms with Gasteiger partial charge >= 0.3 is 0 Å². The molecule has 2 aliphatic rings. The number of para-hydroxylation sites is 1. The molecule has 7 nitrogen and oxygen atoms in total. The van der Waals surface area contributed by atoms with E-state index in [4.69, 9.17) is 9.47 Å². The zero-order valence-electron chi connectivity index (χ0n) is 18.0. The van der Waals surface area contributed by atoms with Crippen LogP contribution in [0.25, 0.3) is 0 Å². The third kappa shape index (κ3) is 3.91. The summed E-state index contributed by atoms with van der Waals surface area (Å²) in [5.74, 6) is 0.108. The highest BCUT2D eigenvalue weighted by Crippen LogP contribution is 2.43. The lowest BCUT2D eigenvalue weighted by atomic mass is 9.88. The summed E-state index contributed by atoms with van der Waals surface area (Å²) in [5, 5.41) is 11.5. The lowest BCUT2D eigenvalue weighted by Gasteiger charge is -2.29. The molecule has 1 fully saturated rings. The van der Waals surface area contributed by atoms with E-state index in [-0.39, 0.29) is 12.2 Å². The number of amides is 1. The number of anilines is 1. The molecule has 2 heterocycles. The van der Waals surface area contributed by atoms with Crippen molar-refractivity contribution in [1.29, 1.82) is 0 Å². The smallest absolute Gasteiger partial charge is 0.268 e. The molecule has 4 rings (SSSR count). The predicted molar refractivity (Wildman–Crippen MR) is 116 cm³/mol. The second kappa shape index (κ2) is 8.69. The van der Waals surface area contributed by atoms with Gasteiger partial charge in [-0.2, -0.15) is 0 Å². The highest BCUT2D eigenvalue weighted by atomic mass is 16.5. The van der Waals surface area contributed by atoms with E-state index in [1.807, 2.05) is 12.1 Å². The molecule has 31 heavy (non-hydrogen) atoms. The van der Waals surface area contributed by atoms with E-state index in [0.717, 1.165) is 25.9 Å². The number of hydrogen-bond donors (Lipinski definition) is 2. The Morgan fingerprint density at radius 3 is 2.55 bits per heavy atom. The molecule has 1 saturated heterocycles. The number of fused-ring (bicyclic) bond motifs is 1. The summed E-state index contributed by atoms with van der Waals surface area (Å²) in [6.07, 6.45) is 3.14. The van der Waals surface area contributed by atoms with E-state index in [9.17, 15) is 14.7 Å². The number of ketones is 1. The van der Waals surface area contributed by atoms with Crippen LogP contribution in [0.5, 0.6) is 11.5 Å². The summed E-state index contributed by atoms with van der Waals surface area (Å²) in [4.78, 5) is 29.6. The maximum absolute atomic E-state index is 13.4. The normalized spacial score (nSPS) is 21.1. The van der Waals surface area contributed by atoms with Gasteiger partial charge in [0.05, 0.1) is 45.0 Å². The van der Waals surface area contributed by atoms with Crippen molar-refractivity contribution in [1.82, 2.24) is 0 Å². The van der Waals surface area contributed by atoms with Crippen LogP contribution in [-0.2, 0) is 10.4 Å². The Morgan fingerprint density at radius 2 is 1.84 bits per heavy atom. The van der Waals surface area contributed by atoms with Crippen molar-refractivity contribution in [3.63, 3.8) is 0 Å². The van der Waals surface area contributed by atoms with Crippen molar-refractivity contribution in [3.05, 3.63) is 53.6 Å². The molecule has 0 aromatic heterocycles. The van der Waals surface area contributed by atoms with Crippen LogP contribution >= 0.6 is 0 Å². The minimum absolute atomic E-state index is 0.308. The number of likely N-dealkylation sites (tertiary alicyclic amines) is 1. The average molecular weight is 426 g/mol. The number of aliphatic hydroxyl groups is 1. The molecular weight excluding hydrogens is 396 g/mol. The number of quaternary nitrogens is 1. The number of piperidine rings is 1. The lowest BCUT2D eigenvalue weighted by Crippen LogP contribution is -3.14. The van der Waals surface area contributed by atoms with Crippen LogP contribution in [0, 0.1) is 0 Å². The molecule has 0 saturated carbocycles. The molecule has 0 radical (unpaired) electrons. The third-order valence-corrected chi connectivity index (χ3v) is 6.31. The van der Waals surface area contributed by atoms with Crippen molar-refractivity contribution in [2.45, 2.75) is 31.3 Å². The van der Waals surface area contributed by atoms with E-state index in [2.05, 4.69) is 0 Å². The molecule has 2 aliphatic heterocycles. The first-order valence-electron chi connectivity index (χ1n) is 10.7. The van der Waals surface area contributed by atoms with Crippen molar-refractivity contribution in [3.8, 4) is 11.5 Å². The van der Waals surface area contributed by atoms with Crippen molar-refractivity contribution in [2.75, 3.05) is 38.9 Å². The van der Waals surface area contributed by atoms with Gasteiger partial charge in [-0.05, 0) is 37.5 Å². The molecule has 2 aromatic rings. The number of Topliss-reactive ketones (excluding diaryl/α,β-unsaturated/α-hetero) is 1. The van der Waals surface area contributed by atoms with Gasteiger partial charge in [0.1, 0.15) is 11.5 Å². The number of nitrogens with zero attached hydrogens (tertiary/aromatic N) is 1. The summed E-state index contributed by atoms with van der Waals surface area (Å²) < 4.78 is 10.5. The largest absolute Gasteiger partial charge is 0.497 e. The number of nitrogens with one attached hydrogen (secondary N) is 1. The summed E-state index contributed by atoms with van der Waals surface area (Å²) >= 11 is 0. The van der Waals surface area contributed by atoms with Crippen molar-refractivity contribution >= 4 is 17.4 Å². The summed E-state index contributed by atoms with van der Waals surface area (Å²) in [5.41, 5.74) is -0.421. The van der Waals surface area contributed by atoms with Gasteiger partial charge in [-0.15, -0.1) is 0 Å². The van der Waals surface area contributed by atoms with Crippen molar-refractivity contribution < 1.29 is 29.1 Å². The molecule has 7 heteroatoms. The summed E-state index contributed by atoms with van der Waals surface area (Å²) in [7, 11) is 3.01. The summed E-state index contributed by atoms with van der Waals surface area (Å²) in [6.45, 7) is 2.51.